The number of nitrogens with zero attached hydrogens (tertiary/aromatic N) is 2. The normalized spacial score (nSPS) is 21.9. The molecular weight excluding hydrogens is 260 g/mol. The Morgan fingerprint density at radius 3 is 2.71 bits per heavy atom. The largest absolute Gasteiger partial charge is 0.368 e. The molecule has 3 nitrogen and oxygen atoms in total. The van der Waals surface area contributed by atoms with Gasteiger partial charge in [-0.25, -0.2) is 0 Å². The molecule has 1 fully saturated rings. The summed E-state index contributed by atoms with van der Waals surface area (Å²) in [5.41, 5.74) is 2.57. The van der Waals surface area contributed by atoms with Gasteiger partial charge in [-0.2, -0.15) is 0 Å². The highest BCUT2D eigenvalue weighted by molar-refractivity contribution is 5.77. The van der Waals surface area contributed by atoms with Crippen LogP contribution in [0.4, 0.5) is 5.69 Å². The highest BCUT2D eigenvalue weighted by Gasteiger charge is 2.23. The molecule has 1 amide bonds. The molecule has 3 heteroatoms. The number of anilines is 1. The number of benzene rings is 1. The Labute approximate surface area is 127 Å². The van der Waals surface area contributed by atoms with Crippen LogP contribution in [0.25, 0.3) is 0 Å². The van der Waals surface area contributed by atoms with Gasteiger partial charge in [-0.15, -0.1) is 0 Å². The summed E-state index contributed by atoms with van der Waals surface area (Å²) in [4.78, 5) is 16.7. The van der Waals surface area contributed by atoms with E-state index in [-0.39, 0.29) is 0 Å². The minimum atomic E-state index is 0.329. The average molecular weight is 284 g/mol. The maximum absolute atomic E-state index is 12.3. The summed E-state index contributed by atoms with van der Waals surface area (Å²) in [6.07, 6.45) is 7.39. The van der Waals surface area contributed by atoms with Crippen LogP contribution in [0, 0.1) is 12.8 Å². The van der Waals surface area contributed by atoms with Crippen molar-refractivity contribution in [1.82, 2.24) is 4.90 Å². The van der Waals surface area contributed by atoms with Crippen molar-refractivity contribution < 1.29 is 4.79 Å². The number of piperazine rings is 1. The van der Waals surface area contributed by atoms with Gasteiger partial charge in [-0.05, 0) is 43.4 Å². The molecular formula is C18H24N2O. The fourth-order valence-corrected chi connectivity index (χ4v) is 3.26. The van der Waals surface area contributed by atoms with E-state index < -0.39 is 0 Å². The van der Waals surface area contributed by atoms with E-state index in [1.165, 1.54) is 11.3 Å². The van der Waals surface area contributed by atoms with Crippen LogP contribution in [0.2, 0.25) is 0 Å². The third-order valence-electron chi connectivity index (χ3n) is 4.55. The van der Waals surface area contributed by atoms with Crippen molar-refractivity contribution in [2.45, 2.75) is 26.2 Å². The predicted octanol–water partition coefficient (Wildman–Crippen LogP) is 3.00. The first-order valence-electron chi connectivity index (χ1n) is 7.98. The summed E-state index contributed by atoms with van der Waals surface area (Å²) in [7, 11) is 0. The van der Waals surface area contributed by atoms with E-state index >= 15 is 0 Å². The Kier molecular flexibility index (Phi) is 4.28. The molecule has 21 heavy (non-hydrogen) atoms. The van der Waals surface area contributed by atoms with E-state index in [0.717, 1.165) is 39.0 Å². The lowest BCUT2D eigenvalue weighted by Crippen LogP contribution is -2.49. The van der Waals surface area contributed by atoms with Gasteiger partial charge >= 0.3 is 0 Å². The number of carbonyl (C=O) groups is 1. The quantitative estimate of drug-likeness (QED) is 0.797. The first-order valence-corrected chi connectivity index (χ1v) is 7.98. The van der Waals surface area contributed by atoms with Gasteiger partial charge in [0.1, 0.15) is 0 Å². The molecule has 1 atom stereocenters. The summed E-state index contributed by atoms with van der Waals surface area (Å²) >= 11 is 0. The molecule has 1 unspecified atom stereocenters. The highest BCUT2D eigenvalue weighted by atomic mass is 16.2. The van der Waals surface area contributed by atoms with E-state index in [0.29, 0.717) is 18.2 Å². The van der Waals surface area contributed by atoms with Crippen LogP contribution in [0.5, 0.6) is 0 Å². The lowest BCUT2D eigenvalue weighted by Gasteiger charge is -2.36. The van der Waals surface area contributed by atoms with E-state index in [2.05, 4.69) is 48.2 Å². The van der Waals surface area contributed by atoms with E-state index in [4.69, 9.17) is 0 Å². The molecule has 3 rings (SSSR count). The molecule has 1 aromatic rings. The molecule has 0 bridgehead atoms. The summed E-state index contributed by atoms with van der Waals surface area (Å²) in [5, 5.41) is 0. The molecule has 2 aliphatic rings. The fraction of sp³-hybridized carbons (Fsp3) is 0.500. The Morgan fingerprint density at radius 2 is 2.05 bits per heavy atom. The van der Waals surface area contributed by atoms with Crippen molar-refractivity contribution in [1.29, 1.82) is 0 Å². The first-order chi connectivity index (χ1) is 10.2. The minimum absolute atomic E-state index is 0.329. The van der Waals surface area contributed by atoms with Crippen LogP contribution >= 0.6 is 0 Å². The minimum Gasteiger partial charge on any atom is -0.368 e. The van der Waals surface area contributed by atoms with Crippen LogP contribution in [0.15, 0.2) is 36.4 Å². The van der Waals surface area contributed by atoms with Crippen molar-refractivity contribution in [3.63, 3.8) is 0 Å². The molecule has 1 aliphatic carbocycles. The van der Waals surface area contributed by atoms with Gasteiger partial charge in [0.15, 0.2) is 0 Å². The van der Waals surface area contributed by atoms with E-state index in [9.17, 15) is 4.79 Å². The highest BCUT2D eigenvalue weighted by Crippen LogP contribution is 2.22. The molecule has 0 spiro atoms. The van der Waals surface area contributed by atoms with Crippen molar-refractivity contribution in [2.24, 2.45) is 5.92 Å². The van der Waals surface area contributed by atoms with Gasteiger partial charge < -0.3 is 9.80 Å². The Morgan fingerprint density at radius 1 is 1.24 bits per heavy atom. The number of allylic oxidation sites excluding steroid dienone is 2. The number of hydrogen-bond donors (Lipinski definition) is 0. The van der Waals surface area contributed by atoms with Crippen molar-refractivity contribution >= 4 is 11.6 Å². The van der Waals surface area contributed by atoms with Crippen LogP contribution in [0.1, 0.15) is 24.8 Å². The average Bonchev–Trinajstić information content (AvgIpc) is 3.00. The molecule has 1 aliphatic heterocycles. The fourth-order valence-electron chi connectivity index (χ4n) is 3.26. The summed E-state index contributed by atoms with van der Waals surface area (Å²) < 4.78 is 0. The van der Waals surface area contributed by atoms with Gasteiger partial charge in [-0.3, -0.25) is 4.79 Å². The van der Waals surface area contributed by atoms with Crippen molar-refractivity contribution in [3.8, 4) is 0 Å². The zero-order valence-electron chi connectivity index (χ0n) is 12.8. The number of rotatable bonds is 3. The summed E-state index contributed by atoms with van der Waals surface area (Å²) in [6, 6.07) is 8.61. The van der Waals surface area contributed by atoms with Crippen LogP contribution in [-0.4, -0.2) is 37.0 Å². The van der Waals surface area contributed by atoms with Gasteiger partial charge in [0.2, 0.25) is 5.91 Å². The van der Waals surface area contributed by atoms with Crippen molar-refractivity contribution in [2.75, 3.05) is 31.1 Å². The first kappa shape index (κ1) is 14.2. The summed E-state index contributed by atoms with van der Waals surface area (Å²) in [5.74, 6) is 0.808. The molecule has 1 heterocycles. The summed E-state index contributed by atoms with van der Waals surface area (Å²) in [6.45, 7) is 5.70. The predicted molar refractivity (Wildman–Crippen MR) is 86.5 cm³/mol. The molecule has 1 aromatic carbocycles. The van der Waals surface area contributed by atoms with Gasteiger partial charge in [-0.1, -0.05) is 24.3 Å². The van der Waals surface area contributed by atoms with Gasteiger partial charge in [0.25, 0.3) is 0 Å². The number of carbonyl (C=O) groups excluding carboxylic acids is 1. The Bertz CT molecular complexity index is 530. The van der Waals surface area contributed by atoms with Gasteiger partial charge in [0.05, 0.1) is 0 Å². The van der Waals surface area contributed by atoms with Crippen LogP contribution in [-0.2, 0) is 4.79 Å². The maximum atomic E-state index is 12.3. The smallest absolute Gasteiger partial charge is 0.223 e. The molecule has 0 aromatic heterocycles. The number of aryl methyl sites for hydroxylation is 1. The molecule has 0 N–H and O–H groups in total. The molecule has 112 valence electrons. The van der Waals surface area contributed by atoms with Crippen molar-refractivity contribution in [3.05, 3.63) is 42.0 Å². The zero-order valence-corrected chi connectivity index (χ0v) is 12.8. The van der Waals surface area contributed by atoms with Crippen LogP contribution in [0.3, 0.4) is 0 Å². The molecule has 1 saturated heterocycles. The SMILES string of the molecule is Cc1cccc(N2CCN(C(=O)CC3C=CCC3)CC2)c1. The molecule has 0 radical (unpaired) electrons. The van der Waals surface area contributed by atoms with E-state index in [1.54, 1.807) is 0 Å². The van der Waals surface area contributed by atoms with Gasteiger partial charge in [0, 0.05) is 38.3 Å². The third-order valence-corrected chi connectivity index (χ3v) is 4.55. The van der Waals surface area contributed by atoms with E-state index in [1.807, 2.05) is 4.90 Å². The maximum Gasteiger partial charge on any atom is 0.223 e. The van der Waals surface area contributed by atoms with Crippen LogP contribution < -0.4 is 4.90 Å². The number of hydrogen-bond acceptors (Lipinski definition) is 2. The Balaban J connectivity index is 1.52. The second kappa shape index (κ2) is 6.33. The Hall–Kier alpha value is -1.77. The zero-order chi connectivity index (χ0) is 14.7. The third kappa shape index (κ3) is 3.46. The lowest BCUT2D eigenvalue weighted by molar-refractivity contribution is -0.132. The molecule has 0 saturated carbocycles. The topological polar surface area (TPSA) is 23.6 Å². The lowest BCUT2D eigenvalue weighted by atomic mass is 10.0. The number of amides is 1. The standard InChI is InChI=1S/C18H24N2O/c1-15-5-4-8-17(13-15)19-9-11-20(12-10-19)18(21)14-16-6-2-3-7-16/h2,4-6,8,13,16H,3,7,9-12,14H2,1H3. The second-order valence-corrected chi connectivity index (χ2v) is 6.18. The monoisotopic (exact) mass is 284 g/mol. The second-order valence-electron chi connectivity index (χ2n) is 6.18.